The lowest BCUT2D eigenvalue weighted by atomic mass is 10.1. The number of hydrogen-bond acceptors (Lipinski definition) is 3. The molecule has 2 aromatic rings. The van der Waals surface area contributed by atoms with Crippen molar-refractivity contribution < 1.29 is 22.7 Å². The van der Waals surface area contributed by atoms with Crippen molar-refractivity contribution in [2.24, 2.45) is 16.6 Å². The SMILES string of the molecule is CC(C)C(=O)Nc1ccc(CNC(N)=NCc2ccc(OC(F)(F)F)cc2)cc1. The first-order valence-corrected chi connectivity index (χ1v) is 8.90. The number of nitrogens with one attached hydrogen (secondary N) is 2. The molecule has 0 aliphatic heterocycles. The van der Waals surface area contributed by atoms with Gasteiger partial charge in [-0.3, -0.25) is 4.79 Å². The van der Waals surface area contributed by atoms with E-state index in [2.05, 4.69) is 20.4 Å². The lowest BCUT2D eigenvalue weighted by molar-refractivity contribution is -0.274. The van der Waals surface area contributed by atoms with Crippen LogP contribution in [-0.4, -0.2) is 18.2 Å². The summed E-state index contributed by atoms with van der Waals surface area (Å²) in [4.78, 5) is 15.8. The van der Waals surface area contributed by atoms with Gasteiger partial charge in [-0.2, -0.15) is 0 Å². The van der Waals surface area contributed by atoms with Crippen LogP contribution in [0.3, 0.4) is 0 Å². The molecule has 0 saturated heterocycles. The summed E-state index contributed by atoms with van der Waals surface area (Å²) in [6, 6.07) is 12.7. The van der Waals surface area contributed by atoms with Crippen molar-refractivity contribution in [2.45, 2.75) is 33.3 Å². The molecular weight excluding hydrogens is 385 g/mol. The smallest absolute Gasteiger partial charge is 0.406 e. The van der Waals surface area contributed by atoms with E-state index >= 15 is 0 Å². The highest BCUT2D eigenvalue weighted by Crippen LogP contribution is 2.22. The molecule has 0 unspecified atom stereocenters. The third-order valence-electron chi connectivity index (χ3n) is 3.81. The number of hydrogen-bond donors (Lipinski definition) is 3. The number of anilines is 1. The molecule has 0 atom stereocenters. The number of carbonyl (C=O) groups is 1. The van der Waals surface area contributed by atoms with Crippen LogP contribution in [0.1, 0.15) is 25.0 Å². The van der Waals surface area contributed by atoms with E-state index in [1.807, 2.05) is 26.0 Å². The molecule has 0 aromatic heterocycles. The molecule has 0 bridgehead atoms. The Morgan fingerprint density at radius 1 is 1.07 bits per heavy atom. The number of rotatable bonds is 7. The Hall–Kier alpha value is -3.23. The summed E-state index contributed by atoms with van der Waals surface area (Å²) in [6.07, 6.45) is -4.72. The number of benzene rings is 2. The quantitative estimate of drug-likeness (QED) is 0.481. The van der Waals surface area contributed by atoms with E-state index in [4.69, 9.17) is 5.73 Å². The Morgan fingerprint density at radius 2 is 1.66 bits per heavy atom. The molecule has 0 heterocycles. The minimum Gasteiger partial charge on any atom is -0.406 e. The van der Waals surface area contributed by atoms with Crippen molar-refractivity contribution in [1.29, 1.82) is 0 Å². The van der Waals surface area contributed by atoms with Gasteiger partial charge in [0.15, 0.2) is 5.96 Å². The fraction of sp³-hybridized carbons (Fsp3) is 0.300. The molecule has 9 heteroatoms. The number of halogens is 3. The van der Waals surface area contributed by atoms with E-state index < -0.39 is 6.36 Å². The zero-order valence-electron chi connectivity index (χ0n) is 16.1. The second-order valence-electron chi connectivity index (χ2n) is 6.59. The number of guanidine groups is 1. The van der Waals surface area contributed by atoms with E-state index in [1.54, 1.807) is 12.1 Å². The van der Waals surface area contributed by atoms with Crippen LogP contribution in [0, 0.1) is 5.92 Å². The minimum atomic E-state index is -4.72. The predicted octanol–water partition coefficient (Wildman–Crippen LogP) is 3.78. The van der Waals surface area contributed by atoms with E-state index in [0.717, 1.165) is 5.56 Å². The average molecular weight is 408 g/mol. The summed E-state index contributed by atoms with van der Waals surface area (Å²) >= 11 is 0. The Kier molecular flexibility index (Phi) is 7.46. The van der Waals surface area contributed by atoms with Gasteiger partial charge in [0.25, 0.3) is 0 Å². The molecule has 0 aliphatic rings. The van der Waals surface area contributed by atoms with Crippen LogP contribution >= 0.6 is 0 Å². The number of ether oxygens (including phenoxy) is 1. The maximum atomic E-state index is 12.1. The molecule has 6 nitrogen and oxygen atoms in total. The molecule has 0 aliphatic carbocycles. The summed E-state index contributed by atoms with van der Waals surface area (Å²) < 4.78 is 40.2. The normalized spacial score (nSPS) is 12.0. The summed E-state index contributed by atoms with van der Waals surface area (Å²) in [5.74, 6) is -0.229. The second-order valence-corrected chi connectivity index (χ2v) is 6.59. The fourth-order valence-corrected chi connectivity index (χ4v) is 2.21. The van der Waals surface area contributed by atoms with Crippen LogP contribution < -0.4 is 21.1 Å². The first kappa shape index (κ1) is 22.1. The van der Waals surface area contributed by atoms with Crippen molar-refractivity contribution in [1.82, 2.24) is 5.32 Å². The van der Waals surface area contributed by atoms with Gasteiger partial charge in [-0.25, -0.2) is 4.99 Å². The lowest BCUT2D eigenvalue weighted by Gasteiger charge is -2.10. The van der Waals surface area contributed by atoms with Crippen LogP contribution in [-0.2, 0) is 17.9 Å². The second kappa shape index (κ2) is 9.81. The van der Waals surface area contributed by atoms with Crippen LogP contribution in [0.5, 0.6) is 5.75 Å². The zero-order chi connectivity index (χ0) is 21.4. The van der Waals surface area contributed by atoms with Crippen molar-refractivity contribution in [2.75, 3.05) is 5.32 Å². The third-order valence-corrected chi connectivity index (χ3v) is 3.81. The number of carbonyl (C=O) groups excluding carboxylic acids is 1. The molecule has 0 spiro atoms. The summed E-state index contributed by atoms with van der Waals surface area (Å²) in [5.41, 5.74) is 8.17. The minimum absolute atomic E-state index is 0.0507. The molecule has 4 N–H and O–H groups in total. The van der Waals surface area contributed by atoms with Gasteiger partial charge in [0.2, 0.25) is 5.91 Å². The largest absolute Gasteiger partial charge is 0.573 e. The van der Waals surface area contributed by atoms with Crippen molar-refractivity contribution in [3.8, 4) is 5.75 Å². The molecule has 0 radical (unpaired) electrons. The average Bonchev–Trinajstić information content (AvgIpc) is 2.65. The Bertz CT molecular complexity index is 832. The Balaban J connectivity index is 1.82. The zero-order valence-corrected chi connectivity index (χ0v) is 16.1. The molecule has 0 fully saturated rings. The monoisotopic (exact) mass is 408 g/mol. The van der Waals surface area contributed by atoms with E-state index in [0.29, 0.717) is 17.8 Å². The fourth-order valence-electron chi connectivity index (χ4n) is 2.21. The number of amides is 1. The molecule has 0 saturated carbocycles. The number of aliphatic imine (C=N–C) groups is 1. The van der Waals surface area contributed by atoms with Gasteiger partial charge in [-0.05, 0) is 35.4 Å². The molecular formula is C20H23F3N4O2. The van der Waals surface area contributed by atoms with Crippen LogP contribution in [0.25, 0.3) is 0 Å². The summed E-state index contributed by atoms with van der Waals surface area (Å²) in [6.45, 7) is 4.29. The van der Waals surface area contributed by atoms with Gasteiger partial charge in [0.05, 0.1) is 6.54 Å². The van der Waals surface area contributed by atoms with Gasteiger partial charge in [0, 0.05) is 18.2 Å². The topological polar surface area (TPSA) is 88.7 Å². The molecule has 2 aromatic carbocycles. The Morgan fingerprint density at radius 3 is 2.21 bits per heavy atom. The third kappa shape index (κ3) is 8.12. The van der Waals surface area contributed by atoms with Gasteiger partial charge in [0.1, 0.15) is 5.75 Å². The van der Waals surface area contributed by atoms with Crippen LogP contribution in [0.4, 0.5) is 18.9 Å². The van der Waals surface area contributed by atoms with E-state index in [-0.39, 0.29) is 30.1 Å². The van der Waals surface area contributed by atoms with Crippen molar-refractivity contribution in [3.05, 3.63) is 59.7 Å². The highest BCUT2D eigenvalue weighted by atomic mass is 19.4. The number of alkyl halides is 3. The van der Waals surface area contributed by atoms with Crippen LogP contribution in [0.15, 0.2) is 53.5 Å². The summed E-state index contributed by atoms with van der Waals surface area (Å²) in [5, 5.41) is 5.77. The van der Waals surface area contributed by atoms with Gasteiger partial charge in [-0.1, -0.05) is 38.1 Å². The maximum Gasteiger partial charge on any atom is 0.573 e. The van der Waals surface area contributed by atoms with Gasteiger partial charge in [-0.15, -0.1) is 13.2 Å². The van der Waals surface area contributed by atoms with Crippen LogP contribution in [0.2, 0.25) is 0 Å². The molecule has 1 amide bonds. The predicted molar refractivity (Wildman–Crippen MR) is 105 cm³/mol. The standard InChI is InChI=1S/C20H23F3N4O2/c1-13(2)18(28)27-16-7-3-14(4-8-16)11-25-19(24)26-12-15-5-9-17(10-6-15)29-20(21,22)23/h3-10,13H,11-12H2,1-2H3,(H,27,28)(H3,24,25,26). The number of nitrogens with zero attached hydrogens (tertiary/aromatic N) is 1. The first-order valence-electron chi connectivity index (χ1n) is 8.90. The summed E-state index contributed by atoms with van der Waals surface area (Å²) in [7, 11) is 0. The molecule has 156 valence electrons. The molecule has 29 heavy (non-hydrogen) atoms. The van der Waals surface area contributed by atoms with E-state index in [9.17, 15) is 18.0 Å². The highest BCUT2D eigenvalue weighted by molar-refractivity contribution is 5.92. The van der Waals surface area contributed by atoms with Crippen molar-refractivity contribution in [3.63, 3.8) is 0 Å². The lowest BCUT2D eigenvalue weighted by Crippen LogP contribution is -2.31. The highest BCUT2D eigenvalue weighted by Gasteiger charge is 2.30. The maximum absolute atomic E-state index is 12.1. The van der Waals surface area contributed by atoms with E-state index in [1.165, 1.54) is 24.3 Å². The Labute approximate surface area is 167 Å². The number of nitrogens with two attached hydrogens (primary N) is 1. The van der Waals surface area contributed by atoms with Gasteiger partial charge < -0.3 is 21.1 Å². The van der Waals surface area contributed by atoms with Crippen molar-refractivity contribution >= 4 is 17.6 Å². The molecule has 2 rings (SSSR count). The van der Waals surface area contributed by atoms with Gasteiger partial charge >= 0.3 is 6.36 Å². The first-order chi connectivity index (χ1) is 13.6.